The normalized spacial score (nSPS) is 12.8. The molecule has 1 aliphatic rings. The van der Waals surface area contributed by atoms with Gasteiger partial charge in [0.05, 0.1) is 36.0 Å². The van der Waals surface area contributed by atoms with Crippen LogP contribution in [-0.4, -0.2) is 21.2 Å². The van der Waals surface area contributed by atoms with Gasteiger partial charge in [-0.25, -0.2) is 4.98 Å². The van der Waals surface area contributed by atoms with Crippen LogP contribution in [0.15, 0.2) is 64.5 Å². The van der Waals surface area contributed by atoms with E-state index in [9.17, 15) is 10.1 Å². The van der Waals surface area contributed by atoms with Crippen molar-refractivity contribution in [2.45, 2.75) is 37.4 Å². The van der Waals surface area contributed by atoms with Gasteiger partial charge in [-0.05, 0) is 48.9 Å². The number of aromatic nitrogens is 2. The molecule has 0 saturated carbocycles. The minimum atomic E-state index is -0.135. The lowest BCUT2D eigenvalue weighted by molar-refractivity contribution is -0.113. The van der Waals surface area contributed by atoms with Gasteiger partial charge in [0.2, 0.25) is 5.91 Å². The van der Waals surface area contributed by atoms with Crippen LogP contribution in [0.2, 0.25) is 0 Å². The van der Waals surface area contributed by atoms with Gasteiger partial charge >= 0.3 is 0 Å². The smallest absolute Gasteiger partial charge is 0.235 e. The second kappa shape index (κ2) is 9.69. The SMILES string of the molecule is N#Cc1c(NC(=O)CSc2ncc(-c3ccccc3)n2Cc2ccco2)sc2c1CCCC2. The maximum Gasteiger partial charge on any atom is 0.235 e. The fourth-order valence-corrected chi connectivity index (χ4v) is 6.12. The van der Waals surface area contributed by atoms with Crippen molar-refractivity contribution in [1.29, 1.82) is 5.26 Å². The Bertz CT molecular complexity index is 1300. The molecule has 0 bridgehead atoms. The lowest BCUT2D eigenvalue weighted by Gasteiger charge is -2.11. The van der Waals surface area contributed by atoms with E-state index in [2.05, 4.69) is 20.9 Å². The fraction of sp³-hybridized carbons (Fsp3) is 0.240. The molecule has 1 aliphatic carbocycles. The average molecular weight is 475 g/mol. The summed E-state index contributed by atoms with van der Waals surface area (Å²) in [7, 11) is 0. The number of hydrogen-bond donors (Lipinski definition) is 1. The van der Waals surface area contributed by atoms with Gasteiger partial charge in [0.15, 0.2) is 5.16 Å². The Morgan fingerprint density at radius 1 is 1.21 bits per heavy atom. The molecule has 3 heterocycles. The number of nitrogens with one attached hydrogen (secondary N) is 1. The highest BCUT2D eigenvalue weighted by Gasteiger charge is 2.22. The van der Waals surface area contributed by atoms with Gasteiger partial charge in [0, 0.05) is 4.88 Å². The van der Waals surface area contributed by atoms with E-state index < -0.39 is 0 Å². The minimum Gasteiger partial charge on any atom is -0.467 e. The van der Waals surface area contributed by atoms with Crippen molar-refractivity contribution in [3.8, 4) is 17.3 Å². The molecule has 0 spiro atoms. The van der Waals surface area contributed by atoms with Crippen molar-refractivity contribution in [3.63, 3.8) is 0 Å². The Hall–Kier alpha value is -3.28. The summed E-state index contributed by atoms with van der Waals surface area (Å²) in [6.07, 6.45) is 7.65. The molecule has 0 aliphatic heterocycles. The highest BCUT2D eigenvalue weighted by Crippen LogP contribution is 2.37. The van der Waals surface area contributed by atoms with Crippen LogP contribution >= 0.6 is 23.1 Å². The Morgan fingerprint density at radius 2 is 2.06 bits per heavy atom. The van der Waals surface area contributed by atoms with Crippen LogP contribution in [0.1, 0.15) is 34.6 Å². The van der Waals surface area contributed by atoms with Crippen LogP contribution in [0.4, 0.5) is 5.00 Å². The predicted molar refractivity (Wildman–Crippen MR) is 131 cm³/mol. The number of imidazole rings is 1. The Morgan fingerprint density at radius 3 is 2.85 bits per heavy atom. The van der Waals surface area contributed by atoms with E-state index in [4.69, 9.17) is 4.42 Å². The van der Waals surface area contributed by atoms with Crippen LogP contribution < -0.4 is 5.32 Å². The number of carbonyl (C=O) groups is 1. The largest absolute Gasteiger partial charge is 0.467 e. The third-order valence-electron chi connectivity index (χ3n) is 5.65. The molecule has 0 unspecified atom stereocenters. The summed E-state index contributed by atoms with van der Waals surface area (Å²) in [5, 5.41) is 14.0. The van der Waals surface area contributed by atoms with Crippen LogP contribution in [0.3, 0.4) is 0 Å². The summed E-state index contributed by atoms with van der Waals surface area (Å²) >= 11 is 2.93. The number of anilines is 1. The molecule has 0 fully saturated rings. The van der Waals surface area contributed by atoms with E-state index in [1.807, 2.05) is 48.7 Å². The topological polar surface area (TPSA) is 83.9 Å². The summed E-state index contributed by atoms with van der Waals surface area (Å²) in [5.74, 6) is 0.889. The highest BCUT2D eigenvalue weighted by molar-refractivity contribution is 7.99. The Balaban J connectivity index is 1.33. The van der Waals surface area contributed by atoms with Crippen molar-refractivity contribution in [1.82, 2.24) is 9.55 Å². The standard InChI is InChI=1S/C25H22N4O2S2/c26-13-20-19-10-4-5-11-22(19)33-24(20)28-23(30)16-32-25-27-14-21(17-7-2-1-3-8-17)29(25)15-18-9-6-12-31-18/h1-3,6-9,12,14H,4-5,10-11,15-16H2,(H,28,30). The molecule has 0 atom stereocenters. The van der Waals surface area contributed by atoms with E-state index >= 15 is 0 Å². The zero-order chi connectivity index (χ0) is 22.6. The number of rotatable bonds is 7. The lowest BCUT2D eigenvalue weighted by Crippen LogP contribution is -2.15. The van der Waals surface area contributed by atoms with Crippen LogP contribution in [-0.2, 0) is 24.2 Å². The number of aryl methyl sites for hydroxylation is 1. The molecule has 0 saturated heterocycles. The number of hydrogen-bond acceptors (Lipinski definition) is 6. The van der Waals surface area contributed by atoms with Gasteiger partial charge in [0.25, 0.3) is 0 Å². The summed E-state index contributed by atoms with van der Waals surface area (Å²) in [5.41, 5.74) is 3.78. The highest BCUT2D eigenvalue weighted by atomic mass is 32.2. The van der Waals surface area contributed by atoms with E-state index in [1.165, 1.54) is 16.6 Å². The number of carbonyl (C=O) groups excluding carboxylic acids is 1. The third kappa shape index (κ3) is 4.61. The molecule has 1 aromatic carbocycles. The first-order valence-electron chi connectivity index (χ1n) is 10.8. The first-order valence-corrected chi connectivity index (χ1v) is 12.6. The summed E-state index contributed by atoms with van der Waals surface area (Å²) in [4.78, 5) is 18.6. The van der Waals surface area contributed by atoms with Crippen molar-refractivity contribution >= 4 is 34.0 Å². The maximum atomic E-state index is 12.8. The third-order valence-corrected chi connectivity index (χ3v) is 7.85. The zero-order valence-electron chi connectivity index (χ0n) is 17.9. The number of thioether (sulfide) groups is 1. The predicted octanol–water partition coefficient (Wildman–Crippen LogP) is 5.73. The van der Waals surface area contributed by atoms with Crippen LogP contribution in [0.25, 0.3) is 11.3 Å². The molecule has 3 aromatic heterocycles. The first-order chi connectivity index (χ1) is 16.2. The molecule has 6 nitrogen and oxygen atoms in total. The fourth-order valence-electron chi connectivity index (χ4n) is 4.09. The molecule has 1 N–H and O–H groups in total. The number of thiophene rings is 1. The van der Waals surface area contributed by atoms with Gasteiger partial charge in [-0.3, -0.25) is 4.79 Å². The van der Waals surface area contributed by atoms with E-state index in [0.29, 0.717) is 17.1 Å². The van der Waals surface area contributed by atoms with Crippen LogP contribution in [0, 0.1) is 11.3 Å². The van der Waals surface area contributed by atoms with E-state index in [1.54, 1.807) is 17.6 Å². The van der Waals surface area contributed by atoms with Gasteiger partial charge < -0.3 is 14.3 Å². The lowest BCUT2D eigenvalue weighted by atomic mass is 9.96. The van der Waals surface area contributed by atoms with Gasteiger partial charge in [-0.1, -0.05) is 42.1 Å². The zero-order valence-corrected chi connectivity index (χ0v) is 19.5. The molecule has 166 valence electrons. The molecular weight excluding hydrogens is 452 g/mol. The van der Waals surface area contributed by atoms with Crippen molar-refractivity contribution in [2.75, 3.05) is 11.1 Å². The Labute approximate surface area is 200 Å². The average Bonchev–Trinajstić information content (AvgIpc) is 3.57. The van der Waals surface area contributed by atoms with Crippen molar-refractivity contribution in [3.05, 3.63) is 76.7 Å². The monoisotopic (exact) mass is 474 g/mol. The van der Waals surface area contributed by atoms with Crippen molar-refractivity contribution < 1.29 is 9.21 Å². The summed E-state index contributed by atoms with van der Waals surface area (Å²) in [6.45, 7) is 0.525. The minimum absolute atomic E-state index is 0.135. The van der Waals surface area contributed by atoms with E-state index in [0.717, 1.165) is 53.4 Å². The first kappa shape index (κ1) is 21.6. The van der Waals surface area contributed by atoms with Gasteiger partial charge in [0.1, 0.15) is 16.8 Å². The number of furan rings is 1. The number of fused-ring (bicyclic) bond motifs is 1. The molecule has 1 amide bonds. The van der Waals surface area contributed by atoms with Crippen LogP contribution in [0.5, 0.6) is 0 Å². The number of nitrogens with zero attached hydrogens (tertiary/aromatic N) is 3. The molecule has 33 heavy (non-hydrogen) atoms. The molecule has 8 heteroatoms. The second-order valence-corrected chi connectivity index (χ2v) is 9.87. The summed E-state index contributed by atoms with van der Waals surface area (Å²) < 4.78 is 7.62. The number of benzene rings is 1. The molecule has 5 rings (SSSR count). The number of nitriles is 1. The maximum absolute atomic E-state index is 12.8. The van der Waals surface area contributed by atoms with Crippen molar-refractivity contribution in [2.24, 2.45) is 0 Å². The molecule has 0 radical (unpaired) electrons. The summed E-state index contributed by atoms with van der Waals surface area (Å²) in [6, 6.07) is 16.1. The Kier molecular flexibility index (Phi) is 6.33. The quantitative estimate of drug-likeness (QED) is 0.346. The van der Waals surface area contributed by atoms with Gasteiger partial charge in [-0.15, -0.1) is 11.3 Å². The van der Waals surface area contributed by atoms with E-state index in [-0.39, 0.29) is 11.7 Å². The molecular formula is C25H22N4O2S2. The molecule has 4 aromatic rings. The van der Waals surface area contributed by atoms with Gasteiger partial charge in [-0.2, -0.15) is 5.26 Å². The number of amides is 1. The second-order valence-electron chi connectivity index (χ2n) is 7.82.